The highest BCUT2D eigenvalue weighted by molar-refractivity contribution is 6.53. The Balaban J connectivity index is 2.39. The van der Waals surface area contributed by atoms with Crippen LogP contribution in [0.4, 0.5) is 0 Å². The van der Waals surface area contributed by atoms with Crippen molar-refractivity contribution in [1.29, 1.82) is 0 Å². The lowest BCUT2D eigenvalue weighted by Crippen LogP contribution is -2.58. The van der Waals surface area contributed by atoms with Crippen LogP contribution in [-0.4, -0.2) is 41.3 Å². The number of carbonyl (C=O) groups excluding carboxylic acids is 2. The minimum absolute atomic E-state index is 0.0216. The molecule has 4 atom stereocenters. The zero-order valence-electron chi connectivity index (χ0n) is 11.9. The van der Waals surface area contributed by atoms with Gasteiger partial charge in [0.2, 0.25) is 5.79 Å². The summed E-state index contributed by atoms with van der Waals surface area (Å²) in [7, 11) is 2.65. The van der Waals surface area contributed by atoms with Gasteiger partial charge in [-0.1, -0.05) is 23.2 Å². The first-order valence-corrected chi connectivity index (χ1v) is 7.97. The molecule has 0 aliphatic heterocycles. The highest BCUT2D eigenvalue weighted by atomic mass is 35.5. The zero-order chi connectivity index (χ0) is 16.7. The van der Waals surface area contributed by atoms with Crippen molar-refractivity contribution in [2.45, 2.75) is 22.5 Å². The summed E-state index contributed by atoms with van der Waals surface area (Å²) in [6.07, 6.45) is 1.25. The highest BCUT2D eigenvalue weighted by Gasteiger charge is 2.87. The van der Waals surface area contributed by atoms with Gasteiger partial charge in [0.15, 0.2) is 11.6 Å². The first kappa shape index (κ1) is 16.7. The normalized spacial score (nSPS) is 42.8. The van der Waals surface area contributed by atoms with Gasteiger partial charge in [-0.3, -0.25) is 9.59 Å². The maximum Gasteiger partial charge on any atom is 0.218 e. The van der Waals surface area contributed by atoms with Crippen LogP contribution in [0.25, 0.3) is 0 Å². The fourth-order valence-electron chi connectivity index (χ4n) is 4.00. The lowest BCUT2D eigenvalue weighted by molar-refractivity contribution is -0.220. The number of hydrogen-bond acceptors (Lipinski definition) is 4. The van der Waals surface area contributed by atoms with Crippen LogP contribution in [0.5, 0.6) is 0 Å². The van der Waals surface area contributed by atoms with Gasteiger partial charge >= 0.3 is 0 Å². The molecule has 0 heterocycles. The zero-order valence-corrected chi connectivity index (χ0v) is 14.9. The Morgan fingerprint density at radius 3 is 1.91 bits per heavy atom. The Morgan fingerprint density at radius 1 is 1.00 bits per heavy atom. The number of Topliss-reactive ketones (excluding diaryl/α,β-unsaturated/α-hetero) is 1. The molecule has 3 aliphatic rings. The van der Waals surface area contributed by atoms with Crippen molar-refractivity contribution >= 4 is 58.0 Å². The van der Waals surface area contributed by atoms with Crippen LogP contribution in [0.15, 0.2) is 21.7 Å². The van der Waals surface area contributed by atoms with Crippen LogP contribution < -0.4 is 0 Å². The predicted octanol–water partition coefficient (Wildman–Crippen LogP) is 2.98. The number of allylic oxidation sites excluding steroid dienone is 2. The average molecular weight is 386 g/mol. The van der Waals surface area contributed by atoms with E-state index < -0.39 is 27.4 Å². The Labute approximate surface area is 147 Å². The lowest BCUT2D eigenvalue weighted by Gasteiger charge is -2.40. The Morgan fingerprint density at radius 2 is 1.45 bits per heavy atom. The third-order valence-corrected chi connectivity index (χ3v) is 7.50. The molecule has 0 saturated heterocycles. The number of rotatable bonds is 2. The summed E-state index contributed by atoms with van der Waals surface area (Å²) in [4.78, 5) is 21.9. The minimum Gasteiger partial charge on any atom is -0.350 e. The van der Waals surface area contributed by atoms with Gasteiger partial charge in [-0.2, -0.15) is 0 Å². The quantitative estimate of drug-likeness (QED) is 0.541. The molecule has 1 fully saturated rings. The molecule has 3 aliphatic carbocycles. The predicted molar refractivity (Wildman–Crippen MR) is 83.4 cm³/mol. The average Bonchev–Trinajstić information content (AvgIpc) is 2.73. The molecule has 4 nitrogen and oxygen atoms in total. The molecular weight excluding hydrogens is 374 g/mol. The number of ether oxygens (including phenoxy) is 2. The van der Waals surface area contributed by atoms with Gasteiger partial charge in [0, 0.05) is 14.2 Å². The minimum atomic E-state index is -1.73. The van der Waals surface area contributed by atoms with Gasteiger partial charge in [-0.25, -0.2) is 0 Å². The van der Waals surface area contributed by atoms with E-state index in [0.717, 1.165) is 0 Å². The summed E-state index contributed by atoms with van der Waals surface area (Å²) in [5.41, 5.74) is 0.292. The number of ketones is 2. The van der Waals surface area contributed by atoms with Crippen LogP contribution in [0.2, 0.25) is 0 Å². The van der Waals surface area contributed by atoms with Crippen molar-refractivity contribution < 1.29 is 19.1 Å². The van der Waals surface area contributed by atoms with Crippen LogP contribution in [-0.2, 0) is 19.1 Å². The van der Waals surface area contributed by atoms with Gasteiger partial charge in [0.05, 0.1) is 21.9 Å². The molecular formula is C14H12Cl4O4. The SMILES string of the molecule is COC1(OC)[C@@]2(Cl)C(Cl)=C(Cl)[C@@]1(Cl)[C@@H]1C(=O)C(C)=CC(=O)[C@H]12. The highest BCUT2D eigenvalue weighted by Crippen LogP contribution is 2.74. The molecule has 22 heavy (non-hydrogen) atoms. The number of hydrogen-bond donors (Lipinski definition) is 0. The van der Waals surface area contributed by atoms with E-state index in [-0.39, 0.29) is 21.6 Å². The largest absolute Gasteiger partial charge is 0.350 e. The molecule has 8 heteroatoms. The van der Waals surface area contributed by atoms with Gasteiger partial charge < -0.3 is 9.47 Å². The number of fused-ring (bicyclic) bond motifs is 5. The summed E-state index contributed by atoms with van der Waals surface area (Å²) >= 11 is 26.1. The summed E-state index contributed by atoms with van der Waals surface area (Å²) in [5.74, 6) is -4.39. The molecule has 0 aromatic rings. The number of carbonyl (C=O) groups is 2. The standard InChI is InChI=1S/C14H12Cl4O4/c1-5-4-6(19)7-8(9(5)20)13(18)11(16)10(15)12(7,17)14(13,21-2)22-3/h4,7-8H,1-3H3/t7-,8+,12+,13+/m1/s1. The van der Waals surface area contributed by atoms with Crippen molar-refractivity contribution in [3.05, 3.63) is 21.7 Å². The summed E-state index contributed by atoms with van der Waals surface area (Å²) in [6.45, 7) is 1.55. The number of halogens is 4. The maximum atomic E-state index is 12.7. The lowest BCUT2D eigenvalue weighted by atomic mass is 9.72. The molecule has 0 aromatic heterocycles. The third-order valence-electron chi connectivity index (χ3n) is 4.89. The van der Waals surface area contributed by atoms with Crippen LogP contribution in [0.3, 0.4) is 0 Å². The molecule has 2 bridgehead atoms. The first-order chi connectivity index (χ1) is 10.1. The second-order valence-electron chi connectivity index (χ2n) is 5.63. The summed E-state index contributed by atoms with van der Waals surface area (Å²) < 4.78 is 11.0. The second kappa shape index (κ2) is 4.71. The van der Waals surface area contributed by atoms with E-state index in [1.165, 1.54) is 20.3 Å². The van der Waals surface area contributed by atoms with E-state index in [1.807, 2.05) is 0 Å². The van der Waals surface area contributed by atoms with E-state index >= 15 is 0 Å². The Hall–Kier alpha value is -0.100. The van der Waals surface area contributed by atoms with E-state index in [0.29, 0.717) is 5.57 Å². The van der Waals surface area contributed by atoms with Gasteiger partial charge in [-0.05, 0) is 18.6 Å². The maximum absolute atomic E-state index is 12.7. The topological polar surface area (TPSA) is 52.6 Å². The van der Waals surface area contributed by atoms with Gasteiger partial charge in [0.1, 0.15) is 9.75 Å². The molecule has 120 valence electrons. The fourth-order valence-corrected chi connectivity index (χ4v) is 6.19. The van der Waals surface area contributed by atoms with Crippen molar-refractivity contribution in [3.8, 4) is 0 Å². The molecule has 0 amide bonds. The molecule has 0 spiro atoms. The molecule has 0 N–H and O–H groups in total. The van der Waals surface area contributed by atoms with Crippen molar-refractivity contribution in [3.63, 3.8) is 0 Å². The monoisotopic (exact) mass is 384 g/mol. The van der Waals surface area contributed by atoms with E-state index in [9.17, 15) is 9.59 Å². The van der Waals surface area contributed by atoms with Crippen LogP contribution in [0.1, 0.15) is 6.92 Å². The first-order valence-electron chi connectivity index (χ1n) is 6.45. The van der Waals surface area contributed by atoms with Crippen molar-refractivity contribution in [2.24, 2.45) is 11.8 Å². The molecule has 0 radical (unpaired) electrons. The van der Waals surface area contributed by atoms with Crippen LogP contribution >= 0.6 is 46.4 Å². The summed E-state index contributed by atoms with van der Waals surface area (Å²) in [6, 6.07) is 0. The van der Waals surface area contributed by atoms with E-state index in [2.05, 4.69) is 0 Å². The summed E-state index contributed by atoms with van der Waals surface area (Å²) in [5, 5.41) is -0.0449. The molecule has 0 aromatic carbocycles. The molecule has 1 saturated carbocycles. The molecule has 0 unspecified atom stereocenters. The van der Waals surface area contributed by atoms with Crippen molar-refractivity contribution in [1.82, 2.24) is 0 Å². The Kier molecular flexibility index (Phi) is 3.59. The van der Waals surface area contributed by atoms with E-state index in [1.54, 1.807) is 6.92 Å². The number of methoxy groups -OCH3 is 2. The molecule has 3 rings (SSSR count). The number of alkyl halides is 2. The van der Waals surface area contributed by atoms with Crippen molar-refractivity contribution in [2.75, 3.05) is 14.2 Å². The third kappa shape index (κ3) is 1.38. The Bertz CT molecular complexity index is 666. The fraction of sp³-hybridized carbons (Fsp3) is 0.571. The smallest absolute Gasteiger partial charge is 0.218 e. The van der Waals surface area contributed by atoms with E-state index in [4.69, 9.17) is 55.9 Å². The van der Waals surface area contributed by atoms with Gasteiger partial charge in [-0.15, -0.1) is 23.2 Å². The van der Waals surface area contributed by atoms with Gasteiger partial charge in [0.25, 0.3) is 0 Å². The second-order valence-corrected chi connectivity index (χ2v) is 7.57. The van der Waals surface area contributed by atoms with Crippen LogP contribution in [0, 0.1) is 11.8 Å².